The number of para-hydroxylation sites is 1. The Labute approximate surface area is 174 Å². The Bertz CT molecular complexity index is 1180. The monoisotopic (exact) mass is 430 g/mol. The maximum atomic E-state index is 12.7. The molecule has 0 bridgehead atoms. The van der Waals surface area contributed by atoms with Crippen molar-refractivity contribution in [2.45, 2.75) is 11.7 Å². The second-order valence-electron chi connectivity index (χ2n) is 5.87. The first kappa shape index (κ1) is 20.6. The molecule has 29 heavy (non-hydrogen) atoms. The molecule has 0 unspecified atom stereocenters. The van der Waals surface area contributed by atoms with Gasteiger partial charge in [0.2, 0.25) is 5.91 Å². The van der Waals surface area contributed by atoms with Gasteiger partial charge in [0.15, 0.2) is 5.16 Å². The Balaban J connectivity index is 1.83. The van der Waals surface area contributed by atoms with Crippen molar-refractivity contribution in [3.63, 3.8) is 0 Å². The van der Waals surface area contributed by atoms with Gasteiger partial charge < -0.3 is 5.32 Å². The number of hydrogen-bond acceptors (Lipinski definition) is 6. The number of carbonyl (C=O) groups is 1. The quantitative estimate of drug-likeness (QED) is 0.200. The van der Waals surface area contributed by atoms with Gasteiger partial charge in [-0.25, -0.2) is 4.98 Å². The van der Waals surface area contributed by atoms with Gasteiger partial charge in [0.1, 0.15) is 5.69 Å². The van der Waals surface area contributed by atoms with Gasteiger partial charge in [0.25, 0.3) is 11.2 Å². The number of benzene rings is 2. The van der Waals surface area contributed by atoms with Gasteiger partial charge >= 0.3 is 0 Å². The topological polar surface area (TPSA) is 107 Å². The third kappa shape index (κ3) is 4.64. The van der Waals surface area contributed by atoms with E-state index in [0.717, 1.165) is 17.8 Å². The molecule has 1 N–H and O–H groups in total. The normalized spacial score (nSPS) is 10.7. The molecule has 0 aliphatic rings. The molecule has 0 atom stereocenters. The van der Waals surface area contributed by atoms with E-state index in [-0.39, 0.29) is 34.3 Å². The highest BCUT2D eigenvalue weighted by Gasteiger charge is 2.18. The fraction of sp³-hybridized carbons (Fsp3) is 0.105. The number of amides is 1. The number of aromatic nitrogens is 2. The van der Waals surface area contributed by atoms with E-state index in [2.05, 4.69) is 16.9 Å². The Morgan fingerprint density at radius 1 is 1.34 bits per heavy atom. The van der Waals surface area contributed by atoms with E-state index in [1.165, 1.54) is 16.7 Å². The minimum Gasteiger partial charge on any atom is -0.320 e. The Hall–Kier alpha value is -3.17. The number of carbonyl (C=O) groups excluding carboxylic acids is 1. The van der Waals surface area contributed by atoms with E-state index in [9.17, 15) is 19.7 Å². The number of nitro groups is 1. The maximum absolute atomic E-state index is 12.7. The van der Waals surface area contributed by atoms with Crippen molar-refractivity contribution in [2.75, 3.05) is 11.1 Å². The molecule has 0 saturated heterocycles. The average Bonchev–Trinajstić information content (AvgIpc) is 2.70. The molecular formula is C19H15ClN4O4S. The van der Waals surface area contributed by atoms with E-state index >= 15 is 0 Å². The van der Waals surface area contributed by atoms with Crippen molar-refractivity contribution in [1.29, 1.82) is 0 Å². The third-order valence-electron chi connectivity index (χ3n) is 3.90. The summed E-state index contributed by atoms with van der Waals surface area (Å²) in [5, 5.41) is 14.7. The molecule has 10 heteroatoms. The van der Waals surface area contributed by atoms with Gasteiger partial charge in [-0.05, 0) is 24.3 Å². The summed E-state index contributed by atoms with van der Waals surface area (Å²) in [5.74, 6) is -0.574. The van der Waals surface area contributed by atoms with Crippen molar-refractivity contribution in [1.82, 2.24) is 9.55 Å². The standard InChI is InChI=1S/C19H15ClN4O4S/c1-2-9-23-18(26)13-5-3-4-6-14(13)22-19(23)29-11-17(25)21-15-8-7-12(20)10-16(15)24(27)28/h2-8,10H,1,9,11H2,(H,21,25). The van der Waals surface area contributed by atoms with Gasteiger partial charge in [-0.1, -0.05) is 41.6 Å². The van der Waals surface area contributed by atoms with Gasteiger partial charge in [-0.3, -0.25) is 24.3 Å². The van der Waals surface area contributed by atoms with Crippen LogP contribution in [-0.2, 0) is 11.3 Å². The lowest BCUT2D eigenvalue weighted by molar-refractivity contribution is -0.383. The molecule has 0 spiro atoms. The summed E-state index contributed by atoms with van der Waals surface area (Å²) >= 11 is 6.84. The summed E-state index contributed by atoms with van der Waals surface area (Å²) in [6, 6.07) is 10.9. The van der Waals surface area contributed by atoms with E-state index < -0.39 is 10.8 Å². The molecule has 1 aromatic heterocycles. The molecule has 1 heterocycles. The van der Waals surface area contributed by atoms with Crippen LogP contribution in [0.25, 0.3) is 10.9 Å². The van der Waals surface area contributed by atoms with E-state index in [4.69, 9.17) is 11.6 Å². The molecular weight excluding hydrogens is 416 g/mol. The summed E-state index contributed by atoms with van der Waals surface area (Å²) in [4.78, 5) is 40.0. The van der Waals surface area contributed by atoms with Crippen LogP contribution in [0.4, 0.5) is 11.4 Å². The van der Waals surface area contributed by atoms with Crippen molar-refractivity contribution in [2.24, 2.45) is 0 Å². The summed E-state index contributed by atoms with van der Waals surface area (Å²) in [6.45, 7) is 3.89. The predicted octanol–water partition coefficient (Wildman–Crippen LogP) is 3.87. The van der Waals surface area contributed by atoms with Crippen LogP contribution >= 0.6 is 23.4 Å². The van der Waals surface area contributed by atoms with Crippen LogP contribution in [-0.4, -0.2) is 26.1 Å². The first-order chi connectivity index (χ1) is 13.9. The average molecular weight is 431 g/mol. The smallest absolute Gasteiger partial charge is 0.294 e. The van der Waals surface area contributed by atoms with Gasteiger partial charge in [-0.15, -0.1) is 6.58 Å². The largest absolute Gasteiger partial charge is 0.320 e. The number of hydrogen-bond donors (Lipinski definition) is 1. The molecule has 0 aliphatic carbocycles. The zero-order chi connectivity index (χ0) is 21.0. The van der Waals surface area contributed by atoms with Crippen LogP contribution in [0.5, 0.6) is 0 Å². The highest BCUT2D eigenvalue weighted by atomic mass is 35.5. The fourth-order valence-electron chi connectivity index (χ4n) is 2.63. The minimum atomic E-state index is -0.624. The zero-order valence-corrected chi connectivity index (χ0v) is 16.6. The molecule has 3 aromatic rings. The minimum absolute atomic E-state index is 0.0416. The van der Waals surface area contributed by atoms with E-state index in [0.29, 0.717) is 16.1 Å². The van der Waals surface area contributed by atoms with Crippen LogP contribution in [0.2, 0.25) is 5.02 Å². The second kappa shape index (κ2) is 8.89. The number of anilines is 1. The fourth-order valence-corrected chi connectivity index (χ4v) is 3.60. The first-order valence-corrected chi connectivity index (χ1v) is 9.74. The summed E-state index contributed by atoms with van der Waals surface area (Å²) < 4.78 is 1.43. The Kier molecular flexibility index (Phi) is 6.30. The third-order valence-corrected chi connectivity index (χ3v) is 5.11. The van der Waals surface area contributed by atoms with Gasteiger partial charge in [0.05, 0.1) is 21.6 Å². The summed E-state index contributed by atoms with van der Waals surface area (Å²) in [7, 11) is 0. The van der Waals surface area contributed by atoms with Crippen LogP contribution in [0, 0.1) is 10.1 Å². The summed E-state index contributed by atoms with van der Waals surface area (Å²) in [6.07, 6.45) is 1.57. The van der Waals surface area contributed by atoms with E-state index in [1.807, 2.05) is 0 Å². The number of fused-ring (bicyclic) bond motifs is 1. The first-order valence-electron chi connectivity index (χ1n) is 8.37. The molecule has 148 valence electrons. The van der Waals surface area contributed by atoms with Crippen LogP contribution < -0.4 is 10.9 Å². The van der Waals surface area contributed by atoms with E-state index in [1.54, 1.807) is 30.3 Å². The molecule has 2 aromatic carbocycles. The van der Waals surface area contributed by atoms with Crippen molar-refractivity contribution >= 4 is 51.5 Å². The number of allylic oxidation sites excluding steroid dienone is 1. The number of rotatable bonds is 7. The zero-order valence-electron chi connectivity index (χ0n) is 15.0. The molecule has 1 amide bonds. The Morgan fingerprint density at radius 3 is 2.83 bits per heavy atom. The number of halogens is 1. The van der Waals surface area contributed by atoms with Crippen molar-refractivity contribution in [3.05, 3.63) is 80.6 Å². The maximum Gasteiger partial charge on any atom is 0.294 e. The number of nitro benzene ring substituents is 1. The number of thioether (sulfide) groups is 1. The molecule has 0 aliphatic heterocycles. The molecule has 0 radical (unpaired) electrons. The highest BCUT2D eigenvalue weighted by molar-refractivity contribution is 7.99. The van der Waals surface area contributed by atoms with Crippen molar-refractivity contribution in [3.8, 4) is 0 Å². The van der Waals surface area contributed by atoms with Gasteiger partial charge in [-0.2, -0.15) is 0 Å². The lowest BCUT2D eigenvalue weighted by Crippen LogP contribution is -2.23. The number of nitrogens with one attached hydrogen (secondary N) is 1. The lowest BCUT2D eigenvalue weighted by atomic mass is 10.2. The molecule has 3 rings (SSSR count). The SMILES string of the molecule is C=CCn1c(SCC(=O)Nc2ccc(Cl)cc2[N+](=O)[O-])nc2ccccc2c1=O. The molecule has 8 nitrogen and oxygen atoms in total. The lowest BCUT2D eigenvalue weighted by Gasteiger charge is -2.11. The highest BCUT2D eigenvalue weighted by Crippen LogP contribution is 2.28. The molecule has 0 fully saturated rings. The number of nitrogens with zero attached hydrogens (tertiary/aromatic N) is 3. The van der Waals surface area contributed by atoms with Crippen molar-refractivity contribution < 1.29 is 9.72 Å². The Morgan fingerprint density at radius 2 is 2.10 bits per heavy atom. The van der Waals surface area contributed by atoms with Crippen LogP contribution in [0.1, 0.15) is 0 Å². The van der Waals surface area contributed by atoms with Crippen LogP contribution in [0.15, 0.2) is 65.1 Å². The summed E-state index contributed by atoms with van der Waals surface area (Å²) in [5.41, 5.74) is 0.0315. The molecule has 0 saturated carbocycles. The van der Waals surface area contributed by atoms with Crippen LogP contribution in [0.3, 0.4) is 0 Å². The second-order valence-corrected chi connectivity index (χ2v) is 7.25. The predicted molar refractivity (Wildman–Crippen MR) is 114 cm³/mol. The van der Waals surface area contributed by atoms with Gasteiger partial charge in [0, 0.05) is 17.6 Å².